The smallest absolute Gasteiger partial charge is 0.147 e. The van der Waals surface area contributed by atoms with Crippen molar-refractivity contribution in [1.82, 2.24) is 4.98 Å². The Hall–Kier alpha value is -2.54. The number of nitrogens with zero attached hydrogens (tertiary/aromatic N) is 3. The van der Waals surface area contributed by atoms with E-state index in [-0.39, 0.29) is 0 Å². The summed E-state index contributed by atoms with van der Waals surface area (Å²) in [6, 6.07) is 13.8. The van der Waals surface area contributed by atoms with Crippen LogP contribution in [-0.2, 0) is 6.54 Å². The Morgan fingerprint density at radius 1 is 1.29 bits per heavy atom. The molecule has 1 aromatic heterocycles. The minimum atomic E-state index is 0.609. The number of hydrogen-bond acceptors (Lipinski definition) is 4. The van der Waals surface area contributed by atoms with Crippen molar-refractivity contribution in [1.29, 1.82) is 5.26 Å². The van der Waals surface area contributed by atoms with E-state index < -0.39 is 0 Å². The van der Waals surface area contributed by atoms with Gasteiger partial charge in [0.05, 0.1) is 5.56 Å². The average Bonchev–Trinajstić information content (AvgIpc) is 2.47. The SMILES string of the molecule is CCCN(Cc1cccc(N)c1)c1nc(C)ccc1C#N. The predicted octanol–water partition coefficient (Wildman–Crippen LogP) is 3.26. The van der Waals surface area contributed by atoms with E-state index in [9.17, 15) is 5.26 Å². The van der Waals surface area contributed by atoms with E-state index in [2.05, 4.69) is 22.9 Å². The molecule has 2 aromatic rings. The van der Waals surface area contributed by atoms with Gasteiger partial charge in [-0.1, -0.05) is 19.1 Å². The van der Waals surface area contributed by atoms with Crippen LogP contribution in [0.25, 0.3) is 0 Å². The summed E-state index contributed by atoms with van der Waals surface area (Å²) >= 11 is 0. The largest absolute Gasteiger partial charge is 0.399 e. The van der Waals surface area contributed by atoms with E-state index >= 15 is 0 Å². The Bertz CT molecular complexity index is 658. The van der Waals surface area contributed by atoms with E-state index in [1.807, 2.05) is 43.3 Å². The molecule has 0 saturated heterocycles. The molecule has 21 heavy (non-hydrogen) atoms. The topological polar surface area (TPSA) is 65.9 Å². The van der Waals surface area contributed by atoms with Gasteiger partial charge >= 0.3 is 0 Å². The van der Waals surface area contributed by atoms with Crippen molar-refractivity contribution in [3.05, 3.63) is 53.2 Å². The molecule has 0 fully saturated rings. The van der Waals surface area contributed by atoms with Crippen LogP contribution < -0.4 is 10.6 Å². The Labute approximate surface area is 125 Å². The first-order valence-electron chi connectivity index (χ1n) is 7.11. The molecular formula is C17H20N4. The highest BCUT2D eigenvalue weighted by molar-refractivity contribution is 5.55. The Morgan fingerprint density at radius 3 is 2.76 bits per heavy atom. The first kappa shape index (κ1) is 14.9. The van der Waals surface area contributed by atoms with Crippen molar-refractivity contribution in [2.75, 3.05) is 17.2 Å². The lowest BCUT2D eigenvalue weighted by atomic mass is 10.1. The van der Waals surface area contributed by atoms with E-state index in [1.165, 1.54) is 0 Å². The Balaban J connectivity index is 2.35. The summed E-state index contributed by atoms with van der Waals surface area (Å²) < 4.78 is 0. The lowest BCUT2D eigenvalue weighted by Crippen LogP contribution is -2.25. The fraction of sp³-hybridized carbons (Fsp3) is 0.294. The third-order valence-corrected chi connectivity index (χ3v) is 3.25. The van der Waals surface area contributed by atoms with Gasteiger partial charge in [-0.2, -0.15) is 5.26 Å². The zero-order chi connectivity index (χ0) is 15.2. The van der Waals surface area contributed by atoms with Crippen molar-refractivity contribution in [2.45, 2.75) is 26.8 Å². The van der Waals surface area contributed by atoms with Crippen LogP contribution in [0.4, 0.5) is 11.5 Å². The summed E-state index contributed by atoms with van der Waals surface area (Å²) in [7, 11) is 0. The van der Waals surface area contributed by atoms with Crippen LogP contribution in [0.5, 0.6) is 0 Å². The molecular weight excluding hydrogens is 260 g/mol. The molecule has 1 aromatic carbocycles. The van der Waals surface area contributed by atoms with Crippen LogP contribution in [0.3, 0.4) is 0 Å². The summed E-state index contributed by atoms with van der Waals surface area (Å²) in [6.07, 6.45) is 0.989. The van der Waals surface area contributed by atoms with Crippen LogP contribution in [0.1, 0.15) is 30.2 Å². The van der Waals surface area contributed by atoms with Gasteiger partial charge in [0.15, 0.2) is 0 Å². The van der Waals surface area contributed by atoms with Crippen LogP contribution in [0, 0.1) is 18.3 Å². The molecule has 0 radical (unpaired) electrons. The number of rotatable bonds is 5. The number of anilines is 2. The molecule has 2 rings (SSSR count). The molecule has 1 heterocycles. The summed E-state index contributed by atoms with van der Waals surface area (Å²) in [5, 5.41) is 9.30. The fourth-order valence-electron chi connectivity index (χ4n) is 2.31. The molecule has 0 atom stereocenters. The van der Waals surface area contributed by atoms with Crippen LogP contribution >= 0.6 is 0 Å². The summed E-state index contributed by atoms with van der Waals surface area (Å²) in [4.78, 5) is 6.69. The van der Waals surface area contributed by atoms with Gasteiger partial charge in [0, 0.05) is 24.5 Å². The standard InChI is InChI=1S/C17H20N4/c1-3-9-21(12-14-5-4-6-16(19)10-14)17-15(11-18)8-7-13(2)20-17/h4-8,10H,3,9,12,19H2,1-2H3. The highest BCUT2D eigenvalue weighted by atomic mass is 15.2. The highest BCUT2D eigenvalue weighted by Gasteiger charge is 2.13. The highest BCUT2D eigenvalue weighted by Crippen LogP contribution is 2.21. The molecule has 2 N–H and O–H groups in total. The molecule has 0 amide bonds. The van der Waals surface area contributed by atoms with Crippen LogP contribution in [0.2, 0.25) is 0 Å². The second kappa shape index (κ2) is 6.76. The van der Waals surface area contributed by atoms with Gasteiger partial charge in [0.25, 0.3) is 0 Å². The zero-order valence-corrected chi connectivity index (χ0v) is 12.5. The molecule has 0 saturated carbocycles. The third-order valence-electron chi connectivity index (χ3n) is 3.25. The molecule has 0 aliphatic rings. The first-order chi connectivity index (χ1) is 10.1. The molecule has 0 spiro atoms. The Kier molecular flexibility index (Phi) is 4.78. The number of aromatic nitrogens is 1. The summed E-state index contributed by atoms with van der Waals surface area (Å²) in [5.74, 6) is 0.752. The lowest BCUT2D eigenvalue weighted by molar-refractivity contribution is 0.752. The van der Waals surface area contributed by atoms with Crippen molar-refractivity contribution >= 4 is 11.5 Å². The number of nitrogen functional groups attached to an aromatic ring is 1. The number of aryl methyl sites for hydroxylation is 1. The Morgan fingerprint density at radius 2 is 2.10 bits per heavy atom. The predicted molar refractivity (Wildman–Crippen MR) is 85.9 cm³/mol. The summed E-state index contributed by atoms with van der Waals surface area (Å²) in [6.45, 7) is 5.60. The van der Waals surface area contributed by atoms with Gasteiger partial charge in [-0.3, -0.25) is 0 Å². The first-order valence-corrected chi connectivity index (χ1v) is 7.11. The second-order valence-electron chi connectivity index (χ2n) is 5.10. The molecule has 108 valence electrons. The zero-order valence-electron chi connectivity index (χ0n) is 12.5. The van der Waals surface area contributed by atoms with Crippen molar-refractivity contribution in [3.63, 3.8) is 0 Å². The lowest BCUT2D eigenvalue weighted by Gasteiger charge is -2.24. The van der Waals surface area contributed by atoms with E-state index in [0.29, 0.717) is 12.1 Å². The van der Waals surface area contributed by atoms with Crippen LogP contribution in [0.15, 0.2) is 36.4 Å². The second-order valence-corrected chi connectivity index (χ2v) is 5.10. The van der Waals surface area contributed by atoms with Gasteiger partial charge in [0.1, 0.15) is 11.9 Å². The van der Waals surface area contributed by atoms with E-state index in [1.54, 1.807) is 0 Å². The normalized spacial score (nSPS) is 10.1. The van der Waals surface area contributed by atoms with E-state index in [4.69, 9.17) is 5.73 Å². The van der Waals surface area contributed by atoms with Crippen molar-refractivity contribution < 1.29 is 0 Å². The minimum Gasteiger partial charge on any atom is -0.399 e. The fourth-order valence-corrected chi connectivity index (χ4v) is 2.31. The van der Waals surface area contributed by atoms with Gasteiger partial charge in [-0.25, -0.2) is 4.98 Å². The quantitative estimate of drug-likeness (QED) is 0.854. The molecule has 0 bridgehead atoms. The van der Waals surface area contributed by atoms with Crippen LogP contribution in [-0.4, -0.2) is 11.5 Å². The molecule has 4 nitrogen and oxygen atoms in total. The van der Waals surface area contributed by atoms with Crippen molar-refractivity contribution in [2.24, 2.45) is 0 Å². The third kappa shape index (κ3) is 3.73. The van der Waals surface area contributed by atoms with Gasteiger partial charge in [-0.05, 0) is 43.2 Å². The maximum Gasteiger partial charge on any atom is 0.147 e. The number of nitriles is 1. The van der Waals surface area contributed by atoms with Gasteiger partial charge < -0.3 is 10.6 Å². The maximum absolute atomic E-state index is 9.30. The van der Waals surface area contributed by atoms with Gasteiger partial charge in [0.2, 0.25) is 0 Å². The molecule has 4 heteroatoms. The van der Waals surface area contributed by atoms with Gasteiger partial charge in [-0.15, -0.1) is 0 Å². The monoisotopic (exact) mass is 280 g/mol. The molecule has 0 aliphatic heterocycles. The number of hydrogen-bond donors (Lipinski definition) is 1. The number of benzene rings is 1. The molecule has 0 unspecified atom stereocenters. The average molecular weight is 280 g/mol. The number of pyridine rings is 1. The maximum atomic E-state index is 9.30. The van der Waals surface area contributed by atoms with Crippen molar-refractivity contribution in [3.8, 4) is 6.07 Å². The summed E-state index contributed by atoms with van der Waals surface area (Å²) in [5.41, 5.74) is 9.24. The molecule has 0 aliphatic carbocycles. The van der Waals surface area contributed by atoms with E-state index in [0.717, 1.165) is 35.7 Å². The minimum absolute atomic E-state index is 0.609. The number of nitrogens with two attached hydrogens (primary N) is 1.